The van der Waals surface area contributed by atoms with E-state index in [-0.39, 0.29) is 0 Å². The van der Waals surface area contributed by atoms with Gasteiger partial charge in [-0.05, 0) is 16.7 Å². The normalized spacial score (nSPS) is 11.6. The van der Waals surface area contributed by atoms with Crippen LogP contribution in [0.15, 0.2) is 54.6 Å². The number of rotatable bonds is 6. The molecule has 0 radical (unpaired) electrons. The molecule has 0 amide bonds. The molecular weight excluding hydrogens is 260 g/mol. The second-order valence-electron chi connectivity index (χ2n) is 4.68. The first kappa shape index (κ1) is 14.6. The molecule has 0 saturated heterocycles. The van der Waals surface area contributed by atoms with Crippen LogP contribution in [-0.4, -0.2) is 24.2 Å². The third-order valence-corrected chi connectivity index (χ3v) is 3.01. The van der Waals surface area contributed by atoms with Crippen molar-refractivity contribution in [2.75, 3.05) is 13.2 Å². The van der Waals surface area contributed by atoms with E-state index in [1.54, 1.807) is 0 Å². The maximum Gasteiger partial charge on any atom is 0.282 e. The van der Waals surface area contributed by atoms with Crippen LogP contribution in [0.5, 0.6) is 0 Å². The van der Waals surface area contributed by atoms with E-state index in [0.29, 0.717) is 6.54 Å². The van der Waals surface area contributed by atoms with Gasteiger partial charge in [-0.2, -0.15) is 0 Å². The average molecular weight is 277 g/mol. The highest BCUT2D eigenvalue weighted by atomic mass is 19.3. The van der Waals surface area contributed by atoms with E-state index >= 15 is 0 Å². The second kappa shape index (κ2) is 6.59. The standard InChI is InChI=1S/C16H17F2NO/c17-16(18,12-20)11-19-10-13-6-8-15(9-7-13)14-4-2-1-3-5-14/h1-9,19-20H,10-12H2. The summed E-state index contributed by atoms with van der Waals surface area (Å²) in [7, 11) is 0. The maximum atomic E-state index is 12.8. The fraction of sp³-hybridized carbons (Fsp3) is 0.250. The summed E-state index contributed by atoms with van der Waals surface area (Å²) in [6.07, 6.45) is 0. The Kier molecular flexibility index (Phi) is 4.82. The monoisotopic (exact) mass is 277 g/mol. The van der Waals surface area contributed by atoms with Crippen molar-refractivity contribution in [3.05, 3.63) is 60.2 Å². The van der Waals surface area contributed by atoms with Crippen LogP contribution in [0.4, 0.5) is 8.78 Å². The number of aliphatic hydroxyl groups excluding tert-OH is 1. The van der Waals surface area contributed by atoms with Gasteiger partial charge in [-0.3, -0.25) is 0 Å². The number of hydrogen-bond acceptors (Lipinski definition) is 2. The lowest BCUT2D eigenvalue weighted by Crippen LogP contribution is -2.35. The van der Waals surface area contributed by atoms with E-state index in [2.05, 4.69) is 5.32 Å². The third kappa shape index (κ3) is 4.11. The van der Waals surface area contributed by atoms with Gasteiger partial charge in [0.2, 0.25) is 0 Å². The van der Waals surface area contributed by atoms with Gasteiger partial charge < -0.3 is 10.4 Å². The lowest BCUT2D eigenvalue weighted by molar-refractivity contribution is -0.0477. The van der Waals surface area contributed by atoms with Crippen molar-refractivity contribution < 1.29 is 13.9 Å². The van der Waals surface area contributed by atoms with Crippen molar-refractivity contribution in [2.45, 2.75) is 12.5 Å². The molecule has 2 N–H and O–H groups in total. The van der Waals surface area contributed by atoms with E-state index in [1.807, 2.05) is 54.6 Å². The SMILES string of the molecule is OCC(F)(F)CNCc1ccc(-c2ccccc2)cc1. The molecule has 0 aliphatic rings. The zero-order valence-corrected chi connectivity index (χ0v) is 11.0. The highest BCUT2D eigenvalue weighted by Gasteiger charge is 2.26. The molecule has 0 atom stereocenters. The Hall–Kier alpha value is -1.78. The number of benzene rings is 2. The third-order valence-electron chi connectivity index (χ3n) is 3.01. The van der Waals surface area contributed by atoms with E-state index in [4.69, 9.17) is 5.11 Å². The molecule has 0 aliphatic carbocycles. The van der Waals surface area contributed by atoms with Gasteiger partial charge in [0.25, 0.3) is 5.92 Å². The quantitative estimate of drug-likeness (QED) is 0.850. The number of nitrogens with one attached hydrogen (secondary N) is 1. The molecule has 0 aliphatic heterocycles. The lowest BCUT2D eigenvalue weighted by atomic mass is 10.0. The first-order valence-corrected chi connectivity index (χ1v) is 6.44. The van der Waals surface area contributed by atoms with Gasteiger partial charge in [-0.15, -0.1) is 0 Å². The highest BCUT2D eigenvalue weighted by Crippen LogP contribution is 2.19. The first-order chi connectivity index (χ1) is 9.61. The summed E-state index contributed by atoms with van der Waals surface area (Å²) in [5.41, 5.74) is 3.15. The van der Waals surface area contributed by atoms with Gasteiger partial charge in [0.1, 0.15) is 6.61 Å². The van der Waals surface area contributed by atoms with Gasteiger partial charge in [0.05, 0.1) is 6.54 Å². The van der Waals surface area contributed by atoms with Crippen molar-refractivity contribution in [3.63, 3.8) is 0 Å². The molecule has 20 heavy (non-hydrogen) atoms. The van der Waals surface area contributed by atoms with E-state index in [0.717, 1.165) is 16.7 Å². The van der Waals surface area contributed by atoms with Crippen LogP contribution >= 0.6 is 0 Å². The van der Waals surface area contributed by atoms with Crippen LogP contribution in [0, 0.1) is 0 Å². The summed E-state index contributed by atoms with van der Waals surface area (Å²) in [5.74, 6) is -3.07. The summed E-state index contributed by atoms with van der Waals surface area (Å²) in [6.45, 7) is -1.30. The van der Waals surface area contributed by atoms with Crippen LogP contribution in [0.25, 0.3) is 11.1 Å². The average Bonchev–Trinajstić information content (AvgIpc) is 2.49. The Morgan fingerprint density at radius 1 is 0.900 bits per heavy atom. The molecule has 0 bridgehead atoms. The van der Waals surface area contributed by atoms with Crippen molar-refractivity contribution in [3.8, 4) is 11.1 Å². The Balaban J connectivity index is 1.92. The molecule has 2 aromatic carbocycles. The predicted octanol–water partition coefficient (Wildman–Crippen LogP) is 3.07. The van der Waals surface area contributed by atoms with Gasteiger partial charge in [0.15, 0.2) is 0 Å². The van der Waals surface area contributed by atoms with Gasteiger partial charge in [-0.25, -0.2) is 8.78 Å². The van der Waals surface area contributed by atoms with Crippen molar-refractivity contribution in [2.24, 2.45) is 0 Å². The fourth-order valence-corrected chi connectivity index (χ4v) is 1.89. The van der Waals surface area contributed by atoms with Gasteiger partial charge >= 0.3 is 0 Å². The molecule has 0 aromatic heterocycles. The molecule has 0 heterocycles. The Morgan fingerprint density at radius 2 is 1.50 bits per heavy atom. The lowest BCUT2D eigenvalue weighted by Gasteiger charge is -2.14. The smallest absolute Gasteiger partial charge is 0.282 e. The molecule has 0 spiro atoms. The molecule has 4 heteroatoms. The molecule has 0 unspecified atom stereocenters. The molecule has 0 saturated carbocycles. The molecule has 2 rings (SSSR count). The summed E-state index contributed by atoms with van der Waals surface area (Å²) < 4.78 is 25.7. The van der Waals surface area contributed by atoms with E-state index in [9.17, 15) is 8.78 Å². The van der Waals surface area contributed by atoms with Gasteiger partial charge in [0, 0.05) is 6.54 Å². The summed E-state index contributed by atoms with van der Waals surface area (Å²) >= 11 is 0. The van der Waals surface area contributed by atoms with E-state index in [1.165, 1.54) is 0 Å². The van der Waals surface area contributed by atoms with E-state index < -0.39 is 19.1 Å². The zero-order chi connectivity index (χ0) is 14.4. The minimum absolute atomic E-state index is 0.352. The number of alkyl halides is 2. The largest absolute Gasteiger partial charge is 0.390 e. The molecule has 0 fully saturated rings. The summed E-state index contributed by atoms with van der Waals surface area (Å²) in [4.78, 5) is 0. The van der Waals surface area contributed by atoms with Crippen LogP contribution in [-0.2, 0) is 6.54 Å². The van der Waals surface area contributed by atoms with Crippen LogP contribution in [0.1, 0.15) is 5.56 Å². The number of aliphatic hydroxyl groups is 1. The first-order valence-electron chi connectivity index (χ1n) is 6.44. The van der Waals surface area contributed by atoms with Crippen molar-refractivity contribution in [1.82, 2.24) is 5.32 Å². The molecular formula is C16H17F2NO. The molecule has 2 aromatic rings. The number of hydrogen-bond donors (Lipinski definition) is 2. The van der Waals surface area contributed by atoms with Gasteiger partial charge in [-0.1, -0.05) is 54.6 Å². The minimum Gasteiger partial charge on any atom is -0.390 e. The topological polar surface area (TPSA) is 32.3 Å². The molecule has 2 nitrogen and oxygen atoms in total. The second-order valence-corrected chi connectivity index (χ2v) is 4.68. The zero-order valence-electron chi connectivity index (χ0n) is 11.0. The summed E-state index contributed by atoms with van der Waals surface area (Å²) in [6, 6.07) is 17.7. The maximum absolute atomic E-state index is 12.8. The Bertz CT molecular complexity index is 526. The van der Waals surface area contributed by atoms with Crippen molar-refractivity contribution >= 4 is 0 Å². The van der Waals surface area contributed by atoms with Crippen molar-refractivity contribution in [1.29, 1.82) is 0 Å². The number of halogens is 2. The van der Waals surface area contributed by atoms with Crippen LogP contribution in [0.3, 0.4) is 0 Å². The van der Waals surface area contributed by atoms with Crippen LogP contribution in [0.2, 0.25) is 0 Å². The summed E-state index contributed by atoms with van der Waals surface area (Å²) in [5, 5.41) is 11.1. The molecule has 106 valence electrons. The predicted molar refractivity (Wildman–Crippen MR) is 75.6 cm³/mol. The highest BCUT2D eigenvalue weighted by molar-refractivity contribution is 5.63. The Labute approximate surface area is 117 Å². The fourth-order valence-electron chi connectivity index (χ4n) is 1.89. The Morgan fingerprint density at radius 3 is 2.10 bits per heavy atom. The minimum atomic E-state index is -3.07. The van der Waals surface area contributed by atoms with Crippen LogP contribution < -0.4 is 5.32 Å².